The summed E-state index contributed by atoms with van der Waals surface area (Å²) in [5.41, 5.74) is 3.38. The lowest BCUT2D eigenvalue weighted by atomic mass is 10.0. The predicted octanol–water partition coefficient (Wildman–Crippen LogP) is 4.23. The summed E-state index contributed by atoms with van der Waals surface area (Å²) in [6.45, 7) is 4.34. The van der Waals surface area contributed by atoms with Crippen LogP contribution in [0, 0.1) is 13.8 Å². The fourth-order valence-corrected chi connectivity index (χ4v) is 2.19. The van der Waals surface area contributed by atoms with Crippen molar-refractivity contribution in [2.45, 2.75) is 20.5 Å². The average molecular weight is 291 g/mol. The summed E-state index contributed by atoms with van der Waals surface area (Å²) in [5, 5.41) is 9.53. The van der Waals surface area contributed by atoms with Gasteiger partial charge in [0.05, 0.1) is 0 Å². The second-order valence-corrected chi connectivity index (χ2v) is 5.04. The summed E-state index contributed by atoms with van der Waals surface area (Å²) in [6, 6.07) is 10.6. The summed E-state index contributed by atoms with van der Waals surface area (Å²) in [6.07, 6.45) is 0. The Labute approximate surface area is 122 Å². The highest BCUT2D eigenvalue weighted by Gasteiger charge is 2.13. The van der Waals surface area contributed by atoms with Crippen molar-refractivity contribution >= 4 is 17.6 Å². The van der Waals surface area contributed by atoms with Crippen LogP contribution >= 0.6 is 11.6 Å². The summed E-state index contributed by atoms with van der Waals surface area (Å²) < 4.78 is 5.66. The fraction of sp³-hybridized carbons (Fsp3) is 0.188. The molecular formula is C16H15ClO3. The number of halogens is 1. The number of aryl methyl sites for hydroxylation is 2. The lowest BCUT2D eigenvalue weighted by Crippen LogP contribution is -2.05. The van der Waals surface area contributed by atoms with Crippen LogP contribution in [0.2, 0.25) is 5.02 Å². The van der Waals surface area contributed by atoms with Crippen molar-refractivity contribution in [3.63, 3.8) is 0 Å². The first-order valence-electron chi connectivity index (χ1n) is 6.20. The van der Waals surface area contributed by atoms with E-state index in [2.05, 4.69) is 0 Å². The predicted molar refractivity (Wildman–Crippen MR) is 78.7 cm³/mol. The van der Waals surface area contributed by atoms with Crippen LogP contribution in [0.5, 0.6) is 5.75 Å². The smallest absolute Gasteiger partial charge is 0.339 e. The average Bonchev–Trinajstić information content (AvgIpc) is 2.39. The van der Waals surface area contributed by atoms with Gasteiger partial charge < -0.3 is 9.84 Å². The van der Waals surface area contributed by atoms with Gasteiger partial charge >= 0.3 is 5.97 Å². The maximum Gasteiger partial charge on any atom is 0.339 e. The quantitative estimate of drug-likeness (QED) is 0.916. The molecule has 0 fully saturated rings. The number of carboxylic acids is 1. The third kappa shape index (κ3) is 3.11. The van der Waals surface area contributed by atoms with Crippen molar-refractivity contribution in [3.05, 3.63) is 63.7 Å². The van der Waals surface area contributed by atoms with E-state index in [9.17, 15) is 4.79 Å². The molecular weight excluding hydrogens is 276 g/mol. The van der Waals surface area contributed by atoms with Gasteiger partial charge in [0.2, 0.25) is 0 Å². The molecule has 0 saturated heterocycles. The van der Waals surface area contributed by atoms with E-state index in [-0.39, 0.29) is 5.56 Å². The van der Waals surface area contributed by atoms with E-state index in [1.54, 1.807) is 12.1 Å². The molecule has 0 saturated carbocycles. The lowest BCUT2D eigenvalue weighted by molar-refractivity contribution is 0.0692. The standard InChI is InChI=1S/C16H15ClO3/c1-10-4-3-5-11(2)14(10)9-20-15-7-6-12(17)8-13(15)16(18)19/h3-8H,9H2,1-2H3,(H,18,19). The Hall–Kier alpha value is -2.00. The molecule has 0 unspecified atom stereocenters. The van der Waals surface area contributed by atoms with Crippen molar-refractivity contribution in [3.8, 4) is 5.75 Å². The molecule has 0 aliphatic carbocycles. The topological polar surface area (TPSA) is 46.5 Å². The minimum atomic E-state index is -1.05. The first-order valence-corrected chi connectivity index (χ1v) is 6.57. The van der Waals surface area contributed by atoms with Gasteiger partial charge in [0, 0.05) is 5.02 Å². The first-order chi connectivity index (χ1) is 9.49. The molecule has 0 bridgehead atoms. The van der Waals surface area contributed by atoms with Gasteiger partial charge in [-0.15, -0.1) is 0 Å². The largest absolute Gasteiger partial charge is 0.488 e. The van der Waals surface area contributed by atoms with E-state index in [0.29, 0.717) is 17.4 Å². The minimum absolute atomic E-state index is 0.0729. The lowest BCUT2D eigenvalue weighted by Gasteiger charge is -2.13. The Kier molecular flexibility index (Phi) is 4.30. The van der Waals surface area contributed by atoms with Crippen LogP contribution in [0.3, 0.4) is 0 Å². The van der Waals surface area contributed by atoms with Crippen LogP contribution in [0.25, 0.3) is 0 Å². The Morgan fingerprint density at radius 2 is 1.85 bits per heavy atom. The van der Waals surface area contributed by atoms with Gasteiger partial charge in [-0.3, -0.25) is 0 Å². The molecule has 2 rings (SSSR count). The Morgan fingerprint density at radius 1 is 1.20 bits per heavy atom. The molecule has 1 N–H and O–H groups in total. The molecule has 0 heterocycles. The molecule has 0 radical (unpaired) electrons. The summed E-state index contributed by atoms with van der Waals surface area (Å²) in [4.78, 5) is 11.2. The van der Waals surface area contributed by atoms with Crippen LogP contribution in [0.1, 0.15) is 27.0 Å². The molecule has 2 aromatic carbocycles. The van der Waals surface area contributed by atoms with Crippen LogP contribution in [0.15, 0.2) is 36.4 Å². The molecule has 0 atom stereocenters. The Balaban J connectivity index is 2.25. The summed E-state index contributed by atoms with van der Waals surface area (Å²) in [5.74, 6) is -0.728. The summed E-state index contributed by atoms with van der Waals surface area (Å²) >= 11 is 5.81. The van der Waals surface area contributed by atoms with Gasteiger partial charge in [0.1, 0.15) is 17.9 Å². The maximum atomic E-state index is 11.2. The number of rotatable bonds is 4. The molecule has 0 amide bonds. The highest BCUT2D eigenvalue weighted by Crippen LogP contribution is 2.25. The van der Waals surface area contributed by atoms with Crippen molar-refractivity contribution in [2.75, 3.05) is 0 Å². The molecule has 0 aromatic heterocycles. The number of hydrogen-bond acceptors (Lipinski definition) is 2. The minimum Gasteiger partial charge on any atom is -0.488 e. The Bertz CT molecular complexity index is 630. The van der Waals surface area contributed by atoms with Gasteiger partial charge in [-0.05, 0) is 48.7 Å². The summed E-state index contributed by atoms with van der Waals surface area (Å²) in [7, 11) is 0. The first kappa shape index (κ1) is 14.4. The van der Waals surface area contributed by atoms with Crippen molar-refractivity contribution in [2.24, 2.45) is 0 Å². The van der Waals surface area contributed by atoms with E-state index < -0.39 is 5.97 Å². The molecule has 0 spiro atoms. The number of carboxylic acid groups (broad SMARTS) is 1. The SMILES string of the molecule is Cc1cccc(C)c1COc1ccc(Cl)cc1C(=O)O. The molecule has 4 heteroatoms. The normalized spacial score (nSPS) is 10.3. The zero-order valence-electron chi connectivity index (χ0n) is 11.3. The molecule has 0 aliphatic heterocycles. The van der Waals surface area contributed by atoms with Gasteiger partial charge in [-0.1, -0.05) is 29.8 Å². The van der Waals surface area contributed by atoms with Gasteiger partial charge in [0.15, 0.2) is 0 Å². The maximum absolute atomic E-state index is 11.2. The van der Waals surface area contributed by atoms with E-state index in [4.69, 9.17) is 21.4 Å². The number of hydrogen-bond donors (Lipinski definition) is 1. The highest BCUT2D eigenvalue weighted by atomic mass is 35.5. The van der Waals surface area contributed by atoms with E-state index in [0.717, 1.165) is 16.7 Å². The molecule has 3 nitrogen and oxygen atoms in total. The number of carbonyl (C=O) groups is 1. The fourth-order valence-electron chi connectivity index (χ4n) is 2.02. The molecule has 20 heavy (non-hydrogen) atoms. The van der Waals surface area contributed by atoms with Gasteiger partial charge in [-0.2, -0.15) is 0 Å². The van der Waals surface area contributed by atoms with Crippen molar-refractivity contribution < 1.29 is 14.6 Å². The van der Waals surface area contributed by atoms with E-state index in [1.807, 2.05) is 32.0 Å². The number of benzene rings is 2. The monoisotopic (exact) mass is 290 g/mol. The highest BCUT2D eigenvalue weighted by molar-refractivity contribution is 6.31. The van der Waals surface area contributed by atoms with E-state index >= 15 is 0 Å². The third-order valence-corrected chi connectivity index (χ3v) is 3.42. The van der Waals surface area contributed by atoms with Crippen LogP contribution < -0.4 is 4.74 Å². The van der Waals surface area contributed by atoms with Gasteiger partial charge in [0.25, 0.3) is 0 Å². The zero-order chi connectivity index (χ0) is 14.7. The van der Waals surface area contributed by atoms with Crippen LogP contribution in [0.4, 0.5) is 0 Å². The number of aromatic carboxylic acids is 1. The van der Waals surface area contributed by atoms with E-state index in [1.165, 1.54) is 6.07 Å². The van der Waals surface area contributed by atoms with Crippen molar-refractivity contribution in [1.29, 1.82) is 0 Å². The number of ether oxygens (including phenoxy) is 1. The van der Waals surface area contributed by atoms with Crippen LogP contribution in [-0.4, -0.2) is 11.1 Å². The Morgan fingerprint density at radius 3 is 2.45 bits per heavy atom. The second-order valence-electron chi connectivity index (χ2n) is 4.60. The molecule has 2 aromatic rings. The molecule has 104 valence electrons. The third-order valence-electron chi connectivity index (χ3n) is 3.19. The zero-order valence-corrected chi connectivity index (χ0v) is 12.1. The molecule has 0 aliphatic rings. The van der Waals surface area contributed by atoms with Crippen LogP contribution in [-0.2, 0) is 6.61 Å². The van der Waals surface area contributed by atoms with Crippen molar-refractivity contribution in [1.82, 2.24) is 0 Å². The van der Waals surface area contributed by atoms with Gasteiger partial charge in [-0.25, -0.2) is 4.79 Å². The second kappa shape index (κ2) is 5.97.